The number of rotatable bonds is 6. The second-order valence-electron chi connectivity index (χ2n) is 5.25. The number of phosphoric ester groups is 1. The molecule has 0 bridgehead atoms. The maximum Gasteiger partial charge on any atom is 0.269 e. The Balaban J connectivity index is 4.73. The molecule has 0 rings (SSSR count). The van der Waals surface area contributed by atoms with Crippen LogP contribution in [0.15, 0.2) is 12.2 Å². The molecule has 0 aromatic rings. The molecule has 0 aliphatic rings. The van der Waals surface area contributed by atoms with Crippen molar-refractivity contribution in [2.24, 2.45) is 0 Å². The van der Waals surface area contributed by atoms with Crippen molar-refractivity contribution in [2.45, 2.75) is 26.4 Å². The first kappa shape index (κ1) is 30.6. The Labute approximate surface area is 214 Å². The number of allylic oxidation sites excluding steroid dienone is 1. The zero-order valence-electron chi connectivity index (χ0n) is 19.3. The Hall–Kier alpha value is -5.43. The van der Waals surface area contributed by atoms with E-state index in [1.54, 1.807) is 19.9 Å². The van der Waals surface area contributed by atoms with Gasteiger partial charge in [-0.05, 0) is 114 Å². The molecule has 0 aliphatic carbocycles. The molecule has 0 amide bonds. The van der Waals surface area contributed by atoms with E-state index in [2.05, 4.69) is 141 Å². The van der Waals surface area contributed by atoms with Crippen LogP contribution in [0.1, 0.15) is 20.3 Å². The first-order valence-corrected chi connectivity index (χ1v) is 11.2. The Morgan fingerprint density at radius 2 is 1.08 bits per heavy atom. The minimum absolute atomic E-state index is 0.0347. The Bertz CT molecular complexity index is 1620. The van der Waals surface area contributed by atoms with Crippen molar-refractivity contribution in [3.05, 3.63) is 12.2 Å². The lowest BCUT2D eigenvalue weighted by Gasteiger charge is -2.24. The van der Waals surface area contributed by atoms with E-state index < -0.39 is 13.9 Å². The highest BCUT2D eigenvalue weighted by atomic mass is 31.2. The standard InChI is InChI=1S/C31H15O4P/c1-4-7-8-9-10-11-12-13-14-15-16-17-18-19-20-21-22-23-24-25-26-27-29-31(28-5-2)35-36(32,33)34-30-6-3/h1,5,28,31H,6,30H2,2-3H3,(H,32,33)/p-1/b28-5+. The van der Waals surface area contributed by atoms with E-state index in [4.69, 9.17) is 10.9 Å². The van der Waals surface area contributed by atoms with Crippen molar-refractivity contribution in [2.75, 3.05) is 6.61 Å². The fraction of sp³-hybridized carbons (Fsp3) is 0.161. The molecule has 0 saturated carbocycles. The summed E-state index contributed by atoms with van der Waals surface area (Å²) >= 11 is 0. The van der Waals surface area contributed by atoms with E-state index >= 15 is 0 Å². The van der Waals surface area contributed by atoms with Crippen molar-refractivity contribution in [3.8, 4) is 143 Å². The second kappa shape index (κ2) is 22.8. The molecule has 4 nitrogen and oxygen atoms in total. The zero-order chi connectivity index (χ0) is 26.6. The number of hydrogen-bond donors (Lipinski definition) is 0. The monoisotopic (exact) mass is 481 g/mol. The van der Waals surface area contributed by atoms with Crippen LogP contribution in [0.2, 0.25) is 0 Å². The van der Waals surface area contributed by atoms with Gasteiger partial charge in [-0.15, -0.1) is 6.42 Å². The van der Waals surface area contributed by atoms with E-state index in [0.717, 1.165) is 0 Å². The molecular weight excluding hydrogens is 467 g/mol. The normalized spacial score (nSPS) is 9.28. The summed E-state index contributed by atoms with van der Waals surface area (Å²) < 4.78 is 21.2. The van der Waals surface area contributed by atoms with Gasteiger partial charge >= 0.3 is 0 Å². The predicted octanol–water partition coefficient (Wildman–Crippen LogP) is 1.51. The summed E-state index contributed by atoms with van der Waals surface area (Å²) in [6.45, 7) is 3.51. The molecule has 0 radical (unpaired) electrons. The Morgan fingerprint density at radius 1 is 0.722 bits per heavy atom. The highest BCUT2D eigenvalue weighted by molar-refractivity contribution is 7.45. The van der Waals surface area contributed by atoms with Gasteiger partial charge in [0, 0.05) is 35.5 Å². The number of hydrogen-bond acceptors (Lipinski definition) is 4. The lowest BCUT2D eigenvalue weighted by atomic mass is 10.3. The first-order chi connectivity index (χ1) is 17.6. The molecule has 0 heterocycles. The van der Waals surface area contributed by atoms with Crippen molar-refractivity contribution < 1.29 is 18.5 Å². The molecule has 0 N–H and O–H groups in total. The summed E-state index contributed by atoms with van der Waals surface area (Å²) in [5, 5.41) is 0. The summed E-state index contributed by atoms with van der Waals surface area (Å²) in [6, 6.07) is 0. The number of terminal acetylenes is 1. The fourth-order valence-electron chi connectivity index (χ4n) is 1.39. The van der Waals surface area contributed by atoms with Crippen LogP contribution in [-0.2, 0) is 13.6 Å². The predicted molar refractivity (Wildman–Crippen MR) is 138 cm³/mol. The van der Waals surface area contributed by atoms with E-state index in [1.807, 2.05) is 0 Å². The topological polar surface area (TPSA) is 58.6 Å². The molecule has 2 atom stereocenters. The molecule has 0 aliphatic heterocycles. The molecule has 0 spiro atoms. The molecule has 0 aromatic carbocycles. The zero-order valence-corrected chi connectivity index (χ0v) is 20.2. The van der Waals surface area contributed by atoms with E-state index in [0.29, 0.717) is 6.42 Å². The van der Waals surface area contributed by atoms with Gasteiger partial charge in [0.25, 0.3) is 7.82 Å². The molecule has 36 heavy (non-hydrogen) atoms. The van der Waals surface area contributed by atoms with Crippen molar-refractivity contribution in [1.29, 1.82) is 0 Å². The van der Waals surface area contributed by atoms with Gasteiger partial charge in [-0.2, -0.15) is 0 Å². The van der Waals surface area contributed by atoms with Crippen LogP contribution in [0.5, 0.6) is 0 Å². The van der Waals surface area contributed by atoms with Crippen LogP contribution in [0.25, 0.3) is 0 Å². The van der Waals surface area contributed by atoms with Crippen molar-refractivity contribution in [3.63, 3.8) is 0 Å². The molecule has 0 aromatic heterocycles. The number of phosphoric acid groups is 1. The minimum Gasteiger partial charge on any atom is -0.756 e. The van der Waals surface area contributed by atoms with Gasteiger partial charge in [-0.1, -0.05) is 18.9 Å². The summed E-state index contributed by atoms with van der Waals surface area (Å²) in [7, 11) is -4.44. The second-order valence-corrected chi connectivity index (χ2v) is 6.61. The largest absolute Gasteiger partial charge is 0.756 e. The summed E-state index contributed by atoms with van der Waals surface area (Å²) in [6.07, 6.45) is 7.51. The molecule has 0 saturated heterocycles. The van der Waals surface area contributed by atoms with Crippen molar-refractivity contribution >= 4 is 7.82 Å². The lowest BCUT2D eigenvalue weighted by Crippen LogP contribution is -2.15. The Morgan fingerprint density at radius 3 is 1.42 bits per heavy atom. The van der Waals surface area contributed by atoms with E-state index in [-0.39, 0.29) is 6.61 Å². The van der Waals surface area contributed by atoms with Crippen molar-refractivity contribution in [1.82, 2.24) is 0 Å². The highest BCUT2D eigenvalue weighted by Crippen LogP contribution is 2.39. The smallest absolute Gasteiger partial charge is 0.269 e. The third-order valence-electron chi connectivity index (χ3n) is 2.60. The average Bonchev–Trinajstić information content (AvgIpc) is 2.85. The maximum absolute atomic E-state index is 11.7. The molecule has 5 heteroatoms. The van der Waals surface area contributed by atoms with Gasteiger partial charge in [0.2, 0.25) is 0 Å². The van der Waals surface area contributed by atoms with Crippen LogP contribution in [0.4, 0.5) is 0 Å². The minimum atomic E-state index is -4.44. The lowest BCUT2D eigenvalue weighted by molar-refractivity contribution is -0.226. The van der Waals surface area contributed by atoms with Crippen LogP contribution in [0, 0.1) is 143 Å². The van der Waals surface area contributed by atoms with Gasteiger partial charge in [0.05, 0.1) is 6.61 Å². The van der Waals surface area contributed by atoms with E-state index in [1.165, 1.54) is 6.08 Å². The van der Waals surface area contributed by atoms with Crippen LogP contribution >= 0.6 is 7.82 Å². The SMILES string of the molecule is C#CC#CC#CC#CC#CC#CC#CC#CC#CC#CC#CC#CC(/C=C/C)OP(=O)([O-])OCCC. The fourth-order valence-corrected chi connectivity index (χ4v) is 2.26. The van der Waals surface area contributed by atoms with Gasteiger partial charge < -0.3 is 9.42 Å². The van der Waals surface area contributed by atoms with Crippen LogP contribution in [0.3, 0.4) is 0 Å². The Kier molecular flexibility index (Phi) is 19.3. The van der Waals surface area contributed by atoms with Gasteiger partial charge in [-0.25, -0.2) is 0 Å². The summed E-state index contributed by atoms with van der Waals surface area (Å²) in [4.78, 5) is 11.7. The molecule has 0 fully saturated rings. The third-order valence-corrected chi connectivity index (χ3v) is 3.58. The van der Waals surface area contributed by atoms with Gasteiger partial charge in [0.1, 0.15) is 6.10 Å². The van der Waals surface area contributed by atoms with Gasteiger partial charge in [-0.3, -0.25) is 9.09 Å². The third kappa shape index (κ3) is 21.8. The first-order valence-electron chi connectivity index (χ1n) is 9.78. The highest BCUT2D eigenvalue weighted by Gasteiger charge is 2.13. The summed E-state index contributed by atoms with van der Waals surface area (Å²) in [5.74, 6) is 56.2. The molecule has 168 valence electrons. The summed E-state index contributed by atoms with van der Waals surface area (Å²) in [5.41, 5.74) is 0. The average molecular weight is 481 g/mol. The van der Waals surface area contributed by atoms with E-state index in [9.17, 15) is 9.46 Å². The molecule has 2 unspecified atom stereocenters. The molecular formula is C31H14O4P-. The quantitative estimate of drug-likeness (QED) is 0.328. The van der Waals surface area contributed by atoms with Crippen LogP contribution in [-0.4, -0.2) is 12.7 Å². The van der Waals surface area contributed by atoms with Gasteiger partial charge in [0.15, 0.2) is 0 Å². The van der Waals surface area contributed by atoms with Crippen LogP contribution < -0.4 is 4.89 Å². The maximum atomic E-state index is 11.7.